The first-order valence-corrected chi connectivity index (χ1v) is 10.2. The van der Waals surface area contributed by atoms with Crippen LogP contribution in [0.25, 0.3) is 21.5 Å². The van der Waals surface area contributed by atoms with Gasteiger partial charge in [-0.15, -0.1) is 0 Å². The van der Waals surface area contributed by atoms with Gasteiger partial charge in [0.15, 0.2) is 5.78 Å². The van der Waals surface area contributed by atoms with E-state index in [-0.39, 0.29) is 5.92 Å². The predicted octanol–water partition coefficient (Wildman–Crippen LogP) is 6.33. The van der Waals surface area contributed by atoms with Crippen LogP contribution in [0.1, 0.15) is 50.5 Å². The average molecular weight is 352 g/mol. The fraction of sp³-hybridized carbons (Fsp3) is 0.346. The van der Waals surface area contributed by atoms with E-state index in [0.29, 0.717) is 23.5 Å². The highest BCUT2D eigenvalue weighted by molar-refractivity contribution is 6.24. The second kappa shape index (κ2) is 4.90. The Hall–Kier alpha value is -2.41. The van der Waals surface area contributed by atoms with Crippen LogP contribution >= 0.6 is 0 Å². The summed E-state index contributed by atoms with van der Waals surface area (Å²) in [6.07, 6.45) is 5.86. The molecule has 0 unspecified atom stereocenters. The third kappa shape index (κ3) is 1.78. The summed E-state index contributed by atoms with van der Waals surface area (Å²) in [5, 5.41) is 5.19. The first-order valence-electron chi connectivity index (χ1n) is 10.2. The molecule has 1 heteroatoms. The van der Waals surface area contributed by atoms with E-state index >= 15 is 0 Å². The summed E-state index contributed by atoms with van der Waals surface area (Å²) >= 11 is 0. The van der Waals surface area contributed by atoms with E-state index in [1.54, 1.807) is 0 Å². The van der Waals surface area contributed by atoms with Crippen LogP contribution < -0.4 is 0 Å². The summed E-state index contributed by atoms with van der Waals surface area (Å²) in [5.41, 5.74) is 7.57. The van der Waals surface area contributed by atoms with Crippen LogP contribution in [-0.2, 0) is 0 Å². The van der Waals surface area contributed by atoms with Crippen molar-refractivity contribution in [1.82, 2.24) is 0 Å². The minimum Gasteiger partial charge on any atom is -0.294 e. The van der Waals surface area contributed by atoms with E-state index in [0.717, 1.165) is 12.0 Å². The van der Waals surface area contributed by atoms with Gasteiger partial charge in [-0.05, 0) is 84.2 Å². The third-order valence-electron chi connectivity index (χ3n) is 7.38. The van der Waals surface area contributed by atoms with E-state index in [1.807, 2.05) is 0 Å². The molecule has 0 radical (unpaired) electrons. The molecule has 6 rings (SSSR count). The molecule has 1 nitrogen and oxygen atoms in total. The number of rotatable bonds is 0. The van der Waals surface area contributed by atoms with E-state index in [2.05, 4.69) is 64.1 Å². The van der Waals surface area contributed by atoms with E-state index in [4.69, 9.17) is 0 Å². The molecule has 3 aliphatic carbocycles. The highest BCUT2D eigenvalue weighted by Crippen LogP contribution is 2.61. The fourth-order valence-corrected chi connectivity index (χ4v) is 6.64. The Morgan fingerprint density at radius 1 is 0.741 bits per heavy atom. The van der Waals surface area contributed by atoms with Crippen LogP contribution in [0.2, 0.25) is 0 Å². The summed E-state index contributed by atoms with van der Waals surface area (Å²) in [6, 6.07) is 9.15. The van der Waals surface area contributed by atoms with Crippen LogP contribution in [0.3, 0.4) is 0 Å². The SMILES string of the molecule is Cc1cc(C)c2c(c1)c1c(c3cc(C)cc(C)c32)[C@H]2[C@@H](C1=O)[C@@H]1C=C[C@H]2C1. The minimum atomic E-state index is 0.172. The van der Waals surface area contributed by atoms with Crippen LogP contribution in [0, 0.1) is 45.4 Å². The van der Waals surface area contributed by atoms with Gasteiger partial charge >= 0.3 is 0 Å². The molecule has 27 heavy (non-hydrogen) atoms. The zero-order valence-corrected chi connectivity index (χ0v) is 16.4. The summed E-state index contributed by atoms with van der Waals surface area (Å²) in [7, 11) is 0. The Bertz CT molecular complexity index is 1230. The van der Waals surface area contributed by atoms with Gasteiger partial charge in [0.05, 0.1) is 0 Å². The van der Waals surface area contributed by atoms with Gasteiger partial charge in [0.2, 0.25) is 0 Å². The molecule has 3 aromatic rings. The normalized spacial score (nSPS) is 27.8. The van der Waals surface area contributed by atoms with Gasteiger partial charge in [-0.1, -0.05) is 47.5 Å². The van der Waals surface area contributed by atoms with Gasteiger partial charge in [-0.25, -0.2) is 0 Å². The third-order valence-corrected chi connectivity index (χ3v) is 7.38. The zero-order chi connectivity index (χ0) is 18.6. The molecule has 0 saturated heterocycles. The summed E-state index contributed by atoms with van der Waals surface area (Å²) in [6.45, 7) is 8.76. The van der Waals surface area contributed by atoms with Crippen LogP contribution in [0.15, 0.2) is 36.4 Å². The number of benzene rings is 3. The lowest BCUT2D eigenvalue weighted by molar-refractivity contribution is 0.0912. The molecule has 2 bridgehead atoms. The van der Waals surface area contributed by atoms with Crippen molar-refractivity contribution in [3.05, 3.63) is 69.8 Å². The molecule has 0 heterocycles. The number of aryl methyl sites for hydroxylation is 4. The number of Topliss-reactive ketones (excluding diaryl/α,β-unsaturated/α-hetero) is 1. The average Bonchev–Trinajstić information content (AvgIpc) is 3.27. The first-order chi connectivity index (χ1) is 13.0. The minimum absolute atomic E-state index is 0.172. The van der Waals surface area contributed by atoms with E-state index in [9.17, 15) is 4.79 Å². The molecular formula is C26H24O. The molecule has 3 aliphatic rings. The number of hydrogen-bond donors (Lipinski definition) is 0. The van der Waals surface area contributed by atoms with Crippen LogP contribution in [0.4, 0.5) is 0 Å². The van der Waals surface area contributed by atoms with Crippen molar-refractivity contribution in [2.75, 3.05) is 0 Å². The molecule has 4 atom stereocenters. The van der Waals surface area contributed by atoms with E-state index in [1.165, 1.54) is 49.4 Å². The van der Waals surface area contributed by atoms with Crippen molar-refractivity contribution in [2.45, 2.75) is 40.0 Å². The molecule has 0 spiro atoms. The number of ketones is 1. The maximum Gasteiger partial charge on any atom is 0.168 e. The van der Waals surface area contributed by atoms with Crippen LogP contribution in [-0.4, -0.2) is 5.78 Å². The summed E-state index contributed by atoms with van der Waals surface area (Å²) < 4.78 is 0. The fourth-order valence-electron chi connectivity index (χ4n) is 6.64. The number of carbonyl (C=O) groups is 1. The predicted molar refractivity (Wildman–Crippen MR) is 112 cm³/mol. The standard InChI is InChI=1S/C26H24O/c1-12-7-14(3)20-18(9-12)24-22-16-5-6-17(11-16)23(22)26(27)25(24)19-10-13(2)8-15(4)21(19)20/h5-10,16-17,22-23H,11H2,1-4H3/t16-,17+,22+,23-/m0/s1. The molecule has 3 aromatic carbocycles. The highest BCUT2D eigenvalue weighted by atomic mass is 16.1. The number of hydrogen-bond acceptors (Lipinski definition) is 1. The molecule has 134 valence electrons. The maximum atomic E-state index is 13.7. The second-order valence-electron chi connectivity index (χ2n) is 9.16. The highest BCUT2D eigenvalue weighted by Gasteiger charge is 2.54. The lowest BCUT2D eigenvalue weighted by Gasteiger charge is -2.22. The number of carbonyl (C=O) groups excluding carboxylic acids is 1. The van der Waals surface area contributed by atoms with Gasteiger partial charge in [0.25, 0.3) is 0 Å². The van der Waals surface area contributed by atoms with Gasteiger partial charge in [0, 0.05) is 17.4 Å². The monoisotopic (exact) mass is 352 g/mol. The van der Waals surface area contributed by atoms with Crippen molar-refractivity contribution in [3.8, 4) is 0 Å². The van der Waals surface area contributed by atoms with Crippen molar-refractivity contribution >= 4 is 27.3 Å². The molecule has 0 aliphatic heterocycles. The van der Waals surface area contributed by atoms with Gasteiger partial charge in [-0.2, -0.15) is 0 Å². The van der Waals surface area contributed by atoms with Crippen molar-refractivity contribution in [2.24, 2.45) is 17.8 Å². The summed E-state index contributed by atoms with van der Waals surface area (Å²) in [5.74, 6) is 1.95. The van der Waals surface area contributed by atoms with Crippen LogP contribution in [0.5, 0.6) is 0 Å². The molecular weight excluding hydrogens is 328 g/mol. The summed E-state index contributed by atoms with van der Waals surface area (Å²) in [4.78, 5) is 13.7. The largest absolute Gasteiger partial charge is 0.294 e. The second-order valence-corrected chi connectivity index (χ2v) is 9.16. The Morgan fingerprint density at radius 2 is 1.30 bits per heavy atom. The number of fused-ring (bicyclic) bond motifs is 12. The number of allylic oxidation sites excluding steroid dienone is 2. The Labute approximate surface area is 160 Å². The lowest BCUT2D eigenvalue weighted by atomic mass is 9.80. The van der Waals surface area contributed by atoms with Crippen molar-refractivity contribution < 1.29 is 4.79 Å². The Balaban J connectivity index is 1.88. The molecule has 0 aromatic heterocycles. The van der Waals surface area contributed by atoms with Gasteiger partial charge < -0.3 is 0 Å². The van der Waals surface area contributed by atoms with Gasteiger partial charge in [0.1, 0.15) is 0 Å². The smallest absolute Gasteiger partial charge is 0.168 e. The van der Waals surface area contributed by atoms with Gasteiger partial charge in [-0.3, -0.25) is 4.79 Å². The van der Waals surface area contributed by atoms with Crippen molar-refractivity contribution in [1.29, 1.82) is 0 Å². The van der Waals surface area contributed by atoms with Crippen molar-refractivity contribution in [3.63, 3.8) is 0 Å². The molecule has 0 amide bonds. The quantitative estimate of drug-likeness (QED) is 0.341. The topological polar surface area (TPSA) is 17.1 Å². The molecule has 1 saturated carbocycles. The van der Waals surface area contributed by atoms with E-state index < -0.39 is 0 Å². The Morgan fingerprint density at radius 3 is 1.96 bits per heavy atom. The zero-order valence-electron chi connectivity index (χ0n) is 16.4. The first kappa shape index (κ1) is 15.6. The lowest BCUT2D eigenvalue weighted by Crippen LogP contribution is -2.18. The maximum absolute atomic E-state index is 13.7. The Kier molecular flexibility index (Phi) is 2.83. The molecule has 0 N–H and O–H groups in total. The molecule has 1 fully saturated rings.